The minimum absolute atomic E-state index is 0.237. The van der Waals surface area contributed by atoms with E-state index in [4.69, 9.17) is 5.26 Å². The van der Waals surface area contributed by atoms with Crippen LogP contribution in [0.3, 0.4) is 0 Å². The Hall–Kier alpha value is -2.08. The quantitative estimate of drug-likeness (QED) is 0.803. The lowest BCUT2D eigenvalue weighted by molar-refractivity contribution is 0.882. The minimum atomic E-state index is 0.237. The number of H-pyrrole nitrogens is 1. The molecular weight excluding hydrogens is 186 g/mol. The molecule has 0 bridgehead atoms. The molecule has 0 aliphatic carbocycles. The summed E-state index contributed by atoms with van der Waals surface area (Å²) < 4.78 is 0. The highest BCUT2D eigenvalue weighted by Crippen LogP contribution is 2.22. The van der Waals surface area contributed by atoms with Crippen LogP contribution in [0, 0.1) is 11.3 Å². The summed E-state index contributed by atoms with van der Waals surface area (Å²) in [5, 5.41) is 8.80. The van der Waals surface area contributed by atoms with Gasteiger partial charge in [-0.05, 0) is 17.7 Å². The van der Waals surface area contributed by atoms with Crippen LogP contribution in [0.25, 0.3) is 0 Å². The molecule has 74 valence electrons. The number of hydrogen-bond acceptors (Lipinski definition) is 2. The van der Waals surface area contributed by atoms with Crippen LogP contribution in [0.1, 0.15) is 29.7 Å². The molecule has 1 heterocycles. The van der Waals surface area contributed by atoms with Gasteiger partial charge in [0.25, 0.3) is 0 Å². The van der Waals surface area contributed by atoms with Crippen molar-refractivity contribution in [3.05, 3.63) is 53.6 Å². The standard InChI is InChI=1S/C12H11N3/c1-9(12-7-14-8-15-12)11-4-2-3-10(5-11)6-13/h2-5,7-9H,1H3,(H,14,15)/t9-/m1/s1. The van der Waals surface area contributed by atoms with E-state index in [2.05, 4.69) is 23.0 Å². The van der Waals surface area contributed by atoms with Gasteiger partial charge in [-0.25, -0.2) is 4.98 Å². The first kappa shape index (κ1) is 9.47. The second-order valence-corrected chi connectivity index (χ2v) is 3.47. The Morgan fingerprint density at radius 3 is 3.00 bits per heavy atom. The first-order valence-electron chi connectivity index (χ1n) is 4.79. The number of aromatic amines is 1. The zero-order valence-electron chi connectivity index (χ0n) is 8.44. The third-order valence-corrected chi connectivity index (χ3v) is 2.50. The van der Waals surface area contributed by atoms with Crippen molar-refractivity contribution in [1.82, 2.24) is 9.97 Å². The highest BCUT2D eigenvalue weighted by molar-refractivity contribution is 5.36. The molecule has 1 N–H and O–H groups in total. The van der Waals surface area contributed by atoms with Gasteiger partial charge in [0.05, 0.1) is 18.0 Å². The molecule has 0 aliphatic rings. The molecule has 0 spiro atoms. The summed E-state index contributed by atoms with van der Waals surface area (Å²) in [6, 6.07) is 9.78. The summed E-state index contributed by atoms with van der Waals surface area (Å²) in [5.74, 6) is 0.237. The molecule has 2 aromatic rings. The Morgan fingerprint density at radius 1 is 1.47 bits per heavy atom. The Morgan fingerprint density at radius 2 is 2.33 bits per heavy atom. The molecule has 0 radical (unpaired) electrons. The Bertz CT molecular complexity index is 480. The summed E-state index contributed by atoms with van der Waals surface area (Å²) in [7, 11) is 0. The summed E-state index contributed by atoms with van der Waals surface area (Å²) in [5.41, 5.74) is 2.88. The second kappa shape index (κ2) is 3.97. The predicted molar refractivity (Wildman–Crippen MR) is 57.3 cm³/mol. The van der Waals surface area contributed by atoms with E-state index in [1.807, 2.05) is 30.5 Å². The van der Waals surface area contributed by atoms with Crippen molar-refractivity contribution >= 4 is 0 Å². The van der Waals surface area contributed by atoms with E-state index in [9.17, 15) is 0 Å². The third-order valence-electron chi connectivity index (χ3n) is 2.50. The van der Waals surface area contributed by atoms with Gasteiger partial charge in [0, 0.05) is 17.8 Å². The first-order chi connectivity index (χ1) is 7.31. The highest BCUT2D eigenvalue weighted by Gasteiger charge is 2.09. The van der Waals surface area contributed by atoms with E-state index in [0.29, 0.717) is 5.56 Å². The predicted octanol–water partition coefficient (Wildman–Crippen LogP) is 2.43. The number of nitriles is 1. The van der Waals surface area contributed by atoms with Crippen LogP contribution in [0.5, 0.6) is 0 Å². The van der Waals surface area contributed by atoms with Gasteiger partial charge in [0.2, 0.25) is 0 Å². The average molecular weight is 197 g/mol. The van der Waals surface area contributed by atoms with Gasteiger partial charge in [-0.2, -0.15) is 5.26 Å². The zero-order valence-corrected chi connectivity index (χ0v) is 8.44. The fourth-order valence-corrected chi connectivity index (χ4v) is 1.56. The van der Waals surface area contributed by atoms with Crippen molar-refractivity contribution in [2.75, 3.05) is 0 Å². The van der Waals surface area contributed by atoms with Gasteiger partial charge in [-0.3, -0.25) is 0 Å². The molecule has 1 aromatic carbocycles. The van der Waals surface area contributed by atoms with E-state index < -0.39 is 0 Å². The van der Waals surface area contributed by atoms with Crippen molar-refractivity contribution < 1.29 is 0 Å². The van der Waals surface area contributed by atoms with Gasteiger partial charge < -0.3 is 4.98 Å². The summed E-state index contributed by atoms with van der Waals surface area (Å²) in [4.78, 5) is 7.07. The summed E-state index contributed by atoms with van der Waals surface area (Å²) in [6.07, 6.45) is 3.48. The van der Waals surface area contributed by atoms with Crippen molar-refractivity contribution in [2.24, 2.45) is 0 Å². The lowest BCUT2D eigenvalue weighted by Gasteiger charge is -2.09. The molecule has 3 nitrogen and oxygen atoms in total. The monoisotopic (exact) mass is 197 g/mol. The van der Waals surface area contributed by atoms with Crippen LogP contribution in [-0.2, 0) is 0 Å². The molecule has 2 rings (SSSR count). The summed E-state index contributed by atoms with van der Waals surface area (Å²) >= 11 is 0. The number of nitrogens with one attached hydrogen (secondary N) is 1. The highest BCUT2D eigenvalue weighted by atomic mass is 14.9. The number of aromatic nitrogens is 2. The maximum atomic E-state index is 8.80. The molecule has 0 saturated carbocycles. The van der Waals surface area contributed by atoms with Crippen LogP contribution in [-0.4, -0.2) is 9.97 Å². The van der Waals surface area contributed by atoms with Crippen LogP contribution >= 0.6 is 0 Å². The summed E-state index contributed by atoms with van der Waals surface area (Å²) in [6.45, 7) is 2.09. The molecular formula is C12H11N3. The van der Waals surface area contributed by atoms with Gasteiger partial charge in [-0.1, -0.05) is 19.1 Å². The SMILES string of the molecule is C[C@H](c1cccc(C#N)c1)c1cnc[nH]1. The molecule has 1 atom stereocenters. The van der Waals surface area contributed by atoms with Crippen LogP contribution < -0.4 is 0 Å². The van der Waals surface area contributed by atoms with Crippen LogP contribution in [0.15, 0.2) is 36.8 Å². The Balaban J connectivity index is 2.34. The van der Waals surface area contributed by atoms with E-state index in [0.717, 1.165) is 11.3 Å². The molecule has 0 aliphatic heterocycles. The van der Waals surface area contributed by atoms with E-state index in [1.54, 1.807) is 6.33 Å². The van der Waals surface area contributed by atoms with Crippen molar-refractivity contribution in [2.45, 2.75) is 12.8 Å². The fraction of sp³-hybridized carbons (Fsp3) is 0.167. The number of imidazole rings is 1. The topological polar surface area (TPSA) is 52.5 Å². The second-order valence-electron chi connectivity index (χ2n) is 3.47. The van der Waals surface area contributed by atoms with E-state index in [1.165, 1.54) is 0 Å². The van der Waals surface area contributed by atoms with E-state index in [-0.39, 0.29) is 5.92 Å². The molecule has 0 amide bonds. The molecule has 0 saturated heterocycles. The van der Waals surface area contributed by atoms with Gasteiger partial charge in [0.1, 0.15) is 0 Å². The Labute approximate surface area is 88.4 Å². The zero-order chi connectivity index (χ0) is 10.7. The van der Waals surface area contributed by atoms with Crippen molar-refractivity contribution in [3.8, 4) is 6.07 Å². The number of nitrogens with zero attached hydrogens (tertiary/aromatic N) is 2. The van der Waals surface area contributed by atoms with Gasteiger partial charge >= 0.3 is 0 Å². The van der Waals surface area contributed by atoms with Crippen molar-refractivity contribution in [1.29, 1.82) is 5.26 Å². The minimum Gasteiger partial charge on any atom is -0.348 e. The maximum absolute atomic E-state index is 8.80. The number of rotatable bonds is 2. The lowest BCUT2D eigenvalue weighted by atomic mass is 9.97. The van der Waals surface area contributed by atoms with Gasteiger partial charge in [0.15, 0.2) is 0 Å². The maximum Gasteiger partial charge on any atom is 0.0991 e. The fourth-order valence-electron chi connectivity index (χ4n) is 1.56. The average Bonchev–Trinajstić information content (AvgIpc) is 2.81. The largest absolute Gasteiger partial charge is 0.348 e. The van der Waals surface area contributed by atoms with Gasteiger partial charge in [-0.15, -0.1) is 0 Å². The van der Waals surface area contributed by atoms with Crippen molar-refractivity contribution in [3.63, 3.8) is 0 Å². The molecule has 1 aromatic heterocycles. The first-order valence-corrected chi connectivity index (χ1v) is 4.79. The third kappa shape index (κ3) is 1.89. The van der Waals surface area contributed by atoms with E-state index >= 15 is 0 Å². The van der Waals surface area contributed by atoms with Crippen LogP contribution in [0.4, 0.5) is 0 Å². The molecule has 15 heavy (non-hydrogen) atoms. The Kier molecular flexibility index (Phi) is 2.51. The smallest absolute Gasteiger partial charge is 0.0991 e. The molecule has 0 fully saturated rings. The normalized spacial score (nSPS) is 12.0. The lowest BCUT2D eigenvalue weighted by Crippen LogP contribution is -1.96. The molecule has 3 heteroatoms. The van der Waals surface area contributed by atoms with Crippen LogP contribution in [0.2, 0.25) is 0 Å². The number of hydrogen-bond donors (Lipinski definition) is 1. The number of benzene rings is 1. The molecule has 0 unspecified atom stereocenters.